The molecule has 5 rings (SSSR count). The summed E-state index contributed by atoms with van der Waals surface area (Å²) < 4.78 is 9.92. The number of aromatic nitrogens is 4. The molecule has 0 aromatic carbocycles. The van der Waals surface area contributed by atoms with Gasteiger partial charge in [-0.05, 0) is 111 Å². The highest BCUT2D eigenvalue weighted by molar-refractivity contribution is 5.94. The number of methoxy groups -OCH3 is 2. The number of H-pyrrole nitrogens is 2. The van der Waals surface area contributed by atoms with Gasteiger partial charge in [-0.1, -0.05) is 6.08 Å². The number of ether oxygens (including phenoxy) is 2. The van der Waals surface area contributed by atoms with Gasteiger partial charge in [-0.15, -0.1) is 0 Å². The first kappa shape index (κ1) is 34.3. The minimum absolute atomic E-state index is 0.00160. The number of aromatic amines is 2. The van der Waals surface area contributed by atoms with Gasteiger partial charge in [0.05, 0.1) is 37.0 Å². The summed E-state index contributed by atoms with van der Waals surface area (Å²) in [4.78, 5) is 56.8. The molecule has 2 N–H and O–H groups in total. The van der Waals surface area contributed by atoms with Crippen LogP contribution in [0.15, 0.2) is 36.4 Å². The molecule has 0 saturated heterocycles. The summed E-state index contributed by atoms with van der Waals surface area (Å²) in [6.45, 7) is 10.2. The number of carbonyl (C=O) groups excluding carboxylic acids is 3. The molecule has 8 bridgehead atoms. The normalized spacial score (nSPS) is 16.7. The molecule has 1 amide bonds. The quantitative estimate of drug-likeness (QED) is 0.257. The molecule has 1 atom stereocenters. The molecule has 3 aromatic heterocycles. The Morgan fingerprint density at radius 3 is 2.15 bits per heavy atom. The number of rotatable bonds is 8. The van der Waals surface area contributed by atoms with Gasteiger partial charge >= 0.3 is 11.9 Å². The molecular weight excluding hydrogens is 606 g/mol. The zero-order valence-electron chi connectivity index (χ0n) is 29.4. The van der Waals surface area contributed by atoms with Crippen LogP contribution in [0, 0.1) is 13.8 Å². The summed E-state index contributed by atoms with van der Waals surface area (Å²) in [6, 6.07) is 10.2. The van der Waals surface area contributed by atoms with E-state index in [9.17, 15) is 14.4 Å². The summed E-state index contributed by atoms with van der Waals surface area (Å²) in [5.41, 5.74) is 11.7. The van der Waals surface area contributed by atoms with Crippen molar-refractivity contribution in [1.29, 1.82) is 0 Å². The summed E-state index contributed by atoms with van der Waals surface area (Å²) in [6.07, 6.45) is 3.63. The van der Waals surface area contributed by atoms with Crippen LogP contribution >= 0.6 is 0 Å². The van der Waals surface area contributed by atoms with Crippen molar-refractivity contribution in [1.82, 2.24) is 24.8 Å². The first-order valence-corrected chi connectivity index (χ1v) is 16.2. The Kier molecular flexibility index (Phi) is 9.75. The highest BCUT2D eigenvalue weighted by atomic mass is 16.5. The van der Waals surface area contributed by atoms with Crippen LogP contribution < -0.4 is 0 Å². The van der Waals surface area contributed by atoms with Gasteiger partial charge in [-0.25, -0.2) is 4.98 Å². The molecule has 5 heterocycles. The van der Waals surface area contributed by atoms with Gasteiger partial charge in [0.2, 0.25) is 5.91 Å². The zero-order valence-corrected chi connectivity index (χ0v) is 29.4. The second kappa shape index (κ2) is 13.6. The van der Waals surface area contributed by atoms with E-state index >= 15 is 0 Å². The topological polar surface area (TPSA) is 130 Å². The first-order chi connectivity index (χ1) is 22.8. The number of fused-ring (bicyclic) bond motifs is 8. The standard InChI is InChI=1S/C38H45N5O5/c1-10-27-33-17-28-21(2)15-24(39-28)16-29-22(3)25(11-13-36(45)47-8)31(40-29)18-32-26(12-14-37(46)48-9)23(4)30(41-32)19-34(42-33)38(27,5)20-35(44)43(6)7/h10,15-19,39,41H,11-14,20H2,1-9H3/b24-16?,27-10-,28-17?,29-16?,30-19?,31-18?,32-18?,33-17?,34-19?/t38-/m0/s1. The van der Waals surface area contributed by atoms with Crippen LogP contribution in [0.2, 0.25) is 0 Å². The van der Waals surface area contributed by atoms with E-state index in [2.05, 4.69) is 36.0 Å². The molecule has 252 valence electrons. The third-order valence-electron chi connectivity index (χ3n) is 9.63. The number of allylic oxidation sites excluding steroid dienone is 4. The predicted molar refractivity (Wildman–Crippen MR) is 189 cm³/mol. The van der Waals surface area contributed by atoms with Crippen molar-refractivity contribution in [2.75, 3.05) is 28.3 Å². The second-order valence-electron chi connectivity index (χ2n) is 13.0. The molecule has 0 unspecified atom stereocenters. The molecule has 0 spiro atoms. The van der Waals surface area contributed by atoms with Crippen molar-refractivity contribution in [3.63, 3.8) is 0 Å². The fourth-order valence-electron chi connectivity index (χ4n) is 6.66. The van der Waals surface area contributed by atoms with E-state index in [1.54, 1.807) is 19.0 Å². The molecule has 0 aliphatic carbocycles. The Balaban J connectivity index is 1.88. The van der Waals surface area contributed by atoms with Crippen LogP contribution in [0.5, 0.6) is 0 Å². The maximum Gasteiger partial charge on any atom is 0.305 e. The van der Waals surface area contributed by atoms with E-state index in [4.69, 9.17) is 19.4 Å². The highest BCUT2D eigenvalue weighted by Crippen LogP contribution is 2.45. The fourth-order valence-corrected chi connectivity index (χ4v) is 6.66. The lowest BCUT2D eigenvalue weighted by atomic mass is 9.76. The number of carbonyl (C=O) groups is 3. The maximum atomic E-state index is 13.3. The van der Waals surface area contributed by atoms with E-state index in [1.165, 1.54) is 14.2 Å². The SMILES string of the molecule is C/C=C1/c2cc3[nH]c(cc4nc(cc5[nH]c(cc(n2)[C@@]1(C)CC(=O)N(C)C)c(C)c5CCC(=O)OC)C(CCC(=O)OC)=C4C)cc3C. The van der Waals surface area contributed by atoms with Gasteiger partial charge in [0.25, 0.3) is 0 Å². The smallest absolute Gasteiger partial charge is 0.305 e. The summed E-state index contributed by atoms with van der Waals surface area (Å²) in [5, 5.41) is 0. The Labute approximate surface area is 281 Å². The lowest BCUT2D eigenvalue weighted by Crippen LogP contribution is -2.31. The predicted octanol–water partition coefficient (Wildman–Crippen LogP) is 6.76. The molecule has 10 nitrogen and oxygen atoms in total. The molecular formula is C38H45N5O5. The zero-order chi connectivity index (χ0) is 34.9. The van der Waals surface area contributed by atoms with E-state index in [0.29, 0.717) is 12.8 Å². The number of aryl methyl sites for hydroxylation is 3. The fraction of sp³-hybridized carbons (Fsp3) is 0.395. The van der Waals surface area contributed by atoms with Crippen molar-refractivity contribution in [3.8, 4) is 0 Å². The average molecular weight is 652 g/mol. The molecule has 3 aromatic rings. The van der Waals surface area contributed by atoms with Crippen LogP contribution in [0.3, 0.4) is 0 Å². The third kappa shape index (κ3) is 6.56. The van der Waals surface area contributed by atoms with Crippen molar-refractivity contribution >= 4 is 56.6 Å². The van der Waals surface area contributed by atoms with Gasteiger partial charge in [0.15, 0.2) is 0 Å². The Hall–Kier alpha value is -4.99. The number of amides is 1. The molecule has 0 fully saturated rings. The van der Waals surface area contributed by atoms with Gasteiger partial charge in [-0.2, -0.15) is 0 Å². The van der Waals surface area contributed by atoms with Crippen LogP contribution in [0.25, 0.3) is 38.8 Å². The van der Waals surface area contributed by atoms with Crippen molar-refractivity contribution in [2.24, 2.45) is 0 Å². The van der Waals surface area contributed by atoms with Gasteiger partial charge in [-0.3, -0.25) is 19.4 Å². The van der Waals surface area contributed by atoms with Crippen LogP contribution in [-0.4, -0.2) is 71.0 Å². The molecule has 0 radical (unpaired) electrons. The van der Waals surface area contributed by atoms with Crippen LogP contribution in [-0.2, 0) is 35.7 Å². The van der Waals surface area contributed by atoms with Crippen LogP contribution in [0.4, 0.5) is 0 Å². The largest absolute Gasteiger partial charge is 0.469 e. The van der Waals surface area contributed by atoms with Crippen LogP contribution in [0.1, 0.15) is 85.9 Å². The Morgan fingerprint density at radius 2 is 1.50 bits per heavy atom. The number of nitrogens with one attached hydrogen (secondary N) is 2. The number of hydrogen-bond donors (Lipinski definition) is 2. The Bertz CT molecular complexity index is 2030. The van der Waals surface area contributed by atoms with E-state index < -0.39 is 5.41 Å². The number of esters is 2. The average Bonchev–Trinajstić information content (AvgIpc) is 3.71. The van der Waals surface area contributed by atoms with Gasteiger partial charge in [0, 0.05) is 60.8 Å². The maximum absolute atomic E-state index is 13.3. The van der Waals surface area contributed by atoms with Crippen molar-refractivity contribution in [2.45, 2.75) is 72.1 Å². The highest BCUT2D eigenvalue weighted by Gasteiger charge is 2.40. The summed E-state index contributed by atoms with van der Waals surface area (Å²) in [7, 11) is 6.32. The molecule has 10 heteroatoms. The minimum Gasteiger partial charge on any atom is -0.469 e. The molecule has 2 aliphatic rings. The monoisotopic (exact) mass is 651 g/mol. The third-order valence-corrected chi connectivity index (χ3v) is 9.63. The molecule has 0 saturated carbocycles. The van der Waals surface area contributed by atoms with Crippen molar-refractivity contribution < 1.29 is 23.9 Å². The van der Waals surface area contributed by atoms with Gasteiger partial charge < -0.3 is 24.3 Å². The molecule has 48 heavy (non-hydrogen) atoms. The number of nitrogens with zero attached hydrogens (tertiary/aromatic N) is 3. The van der Waals surface area contributed by atoms with E-state index in [0.717, 1.165) is 78.3 Å². The van der Waals surface area contributed by atoms with E-state index in [1.807, 2.05) is 45.0 Å². The first-order valence-electron chi connectivity index (χ1n) is 16.2. The minimum atomic E-state index is -0.696. The summed E-state index contributed by atoms with van der Waals surface area (Å²) >= 11 is 0. The summed E-state index contributed by atoms with van der Waals surface area (Å²) in [5.74, 6) is -0.588. The lowest BCUT2D eigenvalue weighted by Gasteiger charge is -2.27. The lowest BCUT2D eigenvalue weighted by molar-refractivity contribution is -0.141. The Morgan fingerprint density at radius 1 is 0.833 bits per heavy atom. The number of hydrogen-bond acceptors (Lipinski definition) is 7. The second-order valence-corrected chi connectivity index (χ2v) is 13.0. The van der Waals surface area contributed by atoms with E-state index in [-0.39, 0.29) is 37.1 Å². The molecule has 2 aliphatic heterocycles. The van der Waals surface area contributed by atoms with Crippen molar-refractivity contribution in [3.05, 3.63) is 75.9 Å². The van der Waals surface area contributed by atoms with Gasteiger partial charge in [0.1, 0.15) is 0 Å².